The number of carboxylic acid groups (broad SMARTS) is 1. The lowest BCUT2D eigenvalue weighted by atomic mass is 10.2. The number of aromatic nitrogens is 1. The van der Waals surface area contributed by atoms with E-state index in [2.05, 4.69) is 0 Å². The van der Waals surface area contributed by atoms with Crippen LogP contribution in [0.25, 0.3) is 5.69 Å². The minimum Gasteiger partial charge on any atom is -1.00 e. The highest BCUT2D eigenvalue weighted by Gasteiger charge is 2.16. The smallest absolute Gasteiger partial charge is 0.342 e. The van der Waals surface area contributed by atoms with Gasteiger partial charge in [0.05, 0.1) is 0 Å². The van der Waals surface area contributed by atoms with E-state index in [1.807, 2.05) is 36.7 Å². The van der Waals surface area contributed by atoms with Crippen molar-refractivity contribution in [1.29, 1.82) is 0 Å². The van der Waals surface area contributed by atoms with Crippen LogP contribution in [0, 0.1) is 0 Å². The Balaban J connectivity index is 0.00000128. The van der Waals surface area contributed by atoms with Crippen molar-refractivity contribution in [3.63, 3.8) is 0 Å². The number of carboxylic acids is 1. The molecule has 1 N–H and O–H groups in total. The van der Waals surface area contributed by atoms with Crippen molar-refractivity contribution < 1.29 is 26.9 Å². The van der Waals surface area contributed by atoms with Crippen LogP contribution in [0.5, 0.6) is 0 Å². The van der Waals surface area contributed by atoms with Crippen LogP contribution < -0.4 is 17.0 Å². The van der Waals surface area contributed by atoms with Crippen molar-refractivity contribution in [3.8, 4) is 5.69 Å². The predicted molar refractivity (Wildman–Crippen MR) is 54.9 cm³/mol. The Bertz CT molecular complexity index is 485. The molecule has 1 aromatic heterocycles. The van der Waals surface area contributed by atoms with E-state index in [9.17, 15) is 4.79 Å². The maximum atomic E-state index is 11.0. The number of hydrogen-bond acceptors (Lipinski definition) is 1. The molecule has 3 nitrogen and oxygen atoms in total. The van der Waals surface area contributed by atoms with Gasteiger partial charge >= 0.3 is 5.97 Å². The summed E-state index contributed by atoms with van der Waals surface area (Å²) in [4.78, 5) is 11.0. The first-order chi connectivity index (χ1) is 7.29. The first-order valence-electron chi connectivity index (χ1n) is 4.58. The molecule has 0 unspecified atom stereocenters. The highest BCUT2D eigenvalue weighted by molar-refractivity contribution is 5.90. The minimum absolute atomic E-state index is 0. The van der Waals surface area contributed by atoms with E-state index in [1.165, 1.54) is 0 Å². The first kappa shape index (κ1) is 12.2. The normalized spacial score (nSPS) is 9.25. The molecule has 0 saturated carbocycles. The summed E-state index contributed by atoms with van der Waals surface area (Å²) >= 11 is 0. The summed E-state index contributed by atoms with van der Waals surface area (Å²) in [5, 5.41) is 9.01. The lowest BCUT2D eigenvalue weighted by molar-refractivity contribution is -0.595. The molecule has 0 saturated heterocycles. The third kappa shape index (κ3) is 2.38. The van der Waals surface area contributed by atoms with Gasteiger partial charge in [-0.1, -0.05) is 18.2 Å². The van der Waals surface area contributed by atoms with Gasteiger partial charge in [0.2, 0.25) is 5.69 Å². The van der Waals surface area contributed by atoms with Crippen LogP contribution >= 0.6 is 0 Å². The van der Waals surface area contributed by atoms with Gasteiger partial charge in [0, 0.05) is 18.2 Å². The quantitative estimate of drug-likeness (QED) is 0.655. The Labute approximate surface area is 99.4 Å². The molecule has 2 rings (SSSR count). The molecule has 16 heavy (non-hydrogen) atoms. The van der Waals surface area contributed by atoms with E-state index in [0.717, 1.165) is 0 Å². The van der Waals surface area contributed by atoms with Gasteiger partial charge in [-0.3, -0.25) is 0 Å². The number of benzene rings is 1. The number of para-hydroxylation sites is 1. The summed E-state index contributed by atoms with van der Waals surface area (Å²) in [7, 11) is 0. The van der Waals surface area contributed by atoms with Gasteiger partial charge in [-0.25, -0.2) is 4.79 Å². The molecule has 0 spiro atoms. The Hall–Kier alpha value is -1.87. The van der Waals surface area contributed by atoms with Crippen molar-refractivity contribution >= 4 is 5.97 Å². The van der Waals surface area contributed by atoms with E-state index in [0.29, 0.717) is 11.3 Å². The van der Waals surface area contributed by atoms with Crippen LogP contribution in [0.2, 0.25) is 0 Å². The van der Waals surface area contributed by atoms with Gasteiger partial charge in [-0.15, -0.1) is 0 Å². The molecule has 0 fully saturated rings. The van der Waals surface area contributed by atoms with Crippen LogP contribution in [0.3, 0.4) is 0 Å². The predicted octanol–water partition coefficient (Wildman–Crippen LogP) is -1.33. The third-order valence-corrected chi connectivity index (χ3v) is 2.13. The fourth-order valence-electron chi connectivity index (χ4n) is 1.44. The molecule has 4 heteroatoms. The fourth-order valence-corrected chi connectivity index (χ4v) is 1.44. The van der Waals surface area contributed by atoms with Crippen LogP contribution in [-0.4, -0.2) is 11.1 Å². The van der Waals surface area contributed by atoms with E-state index in [4.69, 9.17) is 5.11 Å². The number of aromatic carboxylic acids is 1. The molecule has 1 heterocycles. The van der Waals surface area contributed by atoms with Crippen LogP contribution in [0.1, 0.15) is 10.4 Å². The second kappa shape index (κ2) is 5.28. The van der Waals surface area contributed by atoms with Gasteiger partial charge in [0.25, 0.3) is 0 Å². The fraction of sp³-hybridized carbons (Fsp3) is 0. The molecular weight excluding hydrogens is 226 g/mol. The van der Waals surface area contributed by atoms with E-state index in [-0.39, 0.29) is 12.4 Å². The number of carbonyl (C=O) groups is 1. The van der Waals surface area contributed by atoms with Crippen molar-refractivity contribution in [2.45, 2.75) is 0 Å². The van der Waals surface area contributed by atoms with E-state index < -0.39 is 5.97 Å². The summed E-state index contributed by atoms with van der Waals surface area (Å²) in [5.74, 6) is -0.915. The lowest BCUT2D eigenvalue weighted by Crippen LogP contribution is -3.00. The molecule has 82 valence electrons. The van der Waals surface area contributed by atoms with Gasteiger partial charge in [0.15, 0.2) is 12.4 Å². The highest BCUT2D eigenvalue weighted by atomic mass is 35.5. The summed E-state index contributed by atoms with van der Waals surface area (Å²) in [5.41, 5.74) is 0.972. The number of rotatable bonds is 2. The monoisotopic (exact) mass is 235 g/mol. The van der Waals surface area contributed by atoms with Gasteiger partial charge in [0.1, 0.15) is 5.56 Å². The van der Waals surface area contributed by atoms with Crippen molar-refractivity contribution in [3.05, 3.63) is 60.4 Å². The van der Waals surface area contributed by atoms with Crippen molar-refractivity contribution in [1.82, 2.24) is 0 Å². The maximum absolute atomic E-state index is 11.0. The number of nitrogens with zero attached hydrogens (tertiary/aromatic N) is 1. The van der Waals surface area contributed by atoms with Crippen molar-refractivity contribution in [2.24, 2.45) is 0 Å². The SMILES string of the molecule is O=C(O)c1ccccc1-[n+]1ccccc1.[Cl-]. The van der Waals surface area contributed by atoms with Gasteiger partial charge < -0.3 is 17.5 Å². The Morgan fingerprint density at radius 2 is 1.62 bits per heavy atom. The number of hydrogen-bond donors (Lipinski definition) is 1. The van der Waals surface area contributed by atoms with Gasteiger partial charge in [-0.05, 0) is 6.07 Å². The molecule has 0 atom stereocenters. The van der Waals surface area contributed by atoms with Crippen molar-refractivity contribution in [2.75, 3.05) is 0 Å². The summed E-state index contributed by atoms with van der Waals surface area (Å²) in [6.45, 7) is 0. The summed E-state index contributed by atoms with van der Waals surface area (Å²) in [6.07, 6.45) is 3.64. The highest BCUT2D eigenvalue weighted by Crippen LogP contribution is 2.07. The zero-order chi connectivity index (χ0) is 10.7. The summed E-state index contributed by atoms with van der Waals surface area (Å²) < 4.78 is 1.78. The zero-order valence-electron chi connectivity index (χ0n) is 8.38. The van der Waals surface area contributed by atoms with Crippen LogP contribution in [-0.2, 0) is 0 Å². The third-order valence-electron chi connectivity index (χ3n) is 2.13. The van der Waals surface area contributed by atoms with Crippen LogP contribution in [0.15, 0.2) is 54.9 Å². The largest absolute Gasteiger partial charge is 1.00 e. The summed E-state index contributed by atoms with van der Waals surface area (Å²) in [6, 6.07) is 12.5. The Kier molecular flexibility index (Phi) is 4.03. The Morgan fingerprint density at radius 3 is 2.25 bits per heavy atom. The molecule has 1 aromatic carbocycles. The van der Waals surface area contributed by atoms with E-state index >= 15 is 0 Å². The molecule has 2 aromatic rings. The maximum Gasteiger partial charge on any atom is 0.342 e. The minimum atomic E-state index is -0.915. The molecule has 0 amide bonds. The second-order valence-corrected chi connectivity index (χ2v) is 3.11. The molecular formula is C12H10ClNO2. The number of halogens is 1. The average molecular weight is 236 g/mol. The topological polar surface area (TPSA) is 41.2 Å². The number of pyridine rings is 1. The van der Waals surface area contributed by atoms with Gasteiger partial charge in [-0.2, -0.15) is 4.57 Å². The molecule has 0 radical (unpaired) electrons. The zero-order valence-corrected chi connectivity index (χ0v) is 9.13. The second-order valence-electron chi connectivity index (χ2n) is 3.11. The lowest BCUT2D eigenvalue weighted by Gasteiger charge is -1.98. The van der Waals surface area contributed by atoms with E-state index in [1.54, 1.807) is 22.8 Å². The standard InChI is InChI=1S/C12H9NO2.ClH/c14-12(15)10-6-2-3-7-11(10)13-8-4-1-5-9-13;/h1-9H;1H. The molecule has 0 aliphatic carbocycles. The molecule has 0 aliphatic heterocycles. The Morgan fingerprint density at radius 1 is 1.00 bits per heavy atom. The first-order valence-corrected chi connectivity index (χ1v) is 4.58. The van der Waals surface area contributed by atoms with Crippen LogP contribution in [0.4, 0.5) is 0 Å². The molecule has 0 aliphatic rings. The molecule has 0 bridgehead atoms. The average Bonchev–Trinajstić information content (AvgIpc) is 2.30.